The van der Waals surface area contributed by atoms with Gasteiger partial charge in [0.1, 0.15) is 18.2 Å². The fourth-order valence-electron chi connectivity index (χ4n) is 3.22. The van der Waals surface area contributed by atoms with Gasteiger partial charge in [0.25, 0.3) is 0 Å². The lowest BCUT2D eigenvalue weighted by atomic mass is 10.1. The predicted molar refractivity (Wildman–Crippen MR) is 103 cm³/mol. The van der Waals surface area contributed by atoms with Gasteiger partial charge in [0.2, 0.25) is 10.0 Å². The van der Waals surface area contributed by atoms with Gasteiger partial charge in [0.15, 0.2) is 0 Å². The molecule has 1 atom stereocenters. The Hall–Kier alpha value is -2.55. The van der Waals surface area contributed by atoms with E-state index < -0.39 is 10.0 Å². The van der Waals surface area contributed by atoms with Crippen molar-refractivity contribution >= 4 is 10.0 Å². The van der Waals surface area contributed by atoms with Gasteiger partial charge in [-0.1, -0.05) is 30.3 Å². The molecule has 0 spiro atoms. The smallest absolute Gasteiger partial charge is 0.215 e. The van der Waals surface area contributed by atoms with Crippen LogP contribution in [-0.4, -0.2) is 30.6 Å². The monoisotopic (exact) mass is 401 g/mol. The van der Waals surface area contributed by atoms with E-state index in [0.29, 0.717) is 13.2 Å². The summed E-state index contributed by atoms with van der Waals surface area (Å²) in [7, 11) is -3.46. The summed E-state index contributed by atoms with van der Waals surface area (Å²) in [5.74, 6) is 0.399. The summed E-state index contributed by atoms with van der Waals surface area (Å²) in [6, 6.07) is 15.2. The van der Waals surface area contributed by atoms with E-state index in [0.717, 1.165) is 22.6 Å². The summed E-state index contributed by atoms with van der Waals surface area (Å²) in [5, 5.41) is 0. The highest BCUT2D eigenvalue weighted by Gasteiger charge is 2.24. The normalized spacial score (nSPS) is 16.7. The van der Waals surface area contributed by atoms with Crippen LogP contribution in [0.2, 0.25) is 0 Å². The maximum atomic E-state index is 13.2. The molecule has 1 aliphatic rings. The molecule has 1 aromatic heterocycles. The minimum absolute atomic E-state index is 0.0717. The summed E-state index contributed by atoms with van der Waals surface area (Å²) >= 11 is 0. The van der Waals surface area contributed by atoms with E-state index in [9.17, 15) is 12.8 Å². The molecule has 1 aliphatic heterocycles. The number of nitrogens with one attached hydrogen (secondary N) is 1. The highest BCUT2D eigenvalue weighted by molar-refractivity contribution is 7.88. The van der Waals surface area contributed by atoms with E-state index in [4.69, 9.17) is 4.74 Å². The zero-order chi connectivity index (χ0) is 19.6. The third-order valence-electron chi connectivity index (χ3n) is 4.64. The number of ether oxygens (including phenoxy) is 1. The van der Waals surface area contributed by atoms with Crippen molar-refractivity contribution in [2.45, 2.75) is 25.0 Å². The summed E-state index contributed by atoms with van der Waals surface area (Å²) in [5.41, 5.74) is 2.44. The molecule has 0 bridgehead atoms. The molecule has 0 radical (unpaired) electrons. The number of aromatic nitrogens is 2. The third-order valence-corrected chi connectivity index (χ3v) is 5.96. The van der Waals surface area contributed by atoms with Crippen LogP contribution in [0.1, 0.15) is 11.4 Å². The van der Waals surface area contributed by atoms with Crippen molar-refractivity contribution in [3.8, 4) is 11.3 Å². The van der Waals surface area contributed by atoms with Gasteiger partial charge in [-0.15, -0.1) is 0 Å². The molecule has 0 saturated carbocycles. The van der Waals surface area contributed by atoms with Crippen molar-refractivity contribution in [1.82, 2.24) is 14.3 Å². The molecule has 2 aromatic carbocycles. The Morgan fingerprint density at radius 2 is 1.89 bits per heavy atom. The number of benzene rings is 2. The van der Waals surface area contributed by atoms with Crippen molar-refractivity contribution in [1.29, 1.82) is 0 Å². The maximum absolute atomic E-state index is 13.2. The number of imidazole rings is 1. The average Bonchev–Trinajstić information content (AvgIpc) is 3.11. The Morgan fingerprint density at radius 3 is 2.64 bits per heavy atom. The topological polar surface area (TPSA) is 73.2 Å². The minimum Gasteiger partial charge on any atom is -0.367 e. The van der Waals surface area contributed by atoms with Crippen LogP contribution in [0.15, 0.2) is 60.8 Å². The highest BCUT2D eigenvalue weighted by Crippen LogP contribution is 2.25. The second kappa shape index (κ2) is 7.83. The SMILES string of the molecule is O=S(=O)(Cc1ccccc1)NCC1Cn2c(-c3ccc(F)cc3)cnc2CO1. The van der Waals surface area contributed by atoms with Gasteiger partial charge in [0, 0.05) is 6.54 Å². The average molecular weight is 401 g/mol. The van der Waals surface area contributed by atoms with E-state index in [1.165, 1.54) is 12.1 Å². The van der Waals surface area contributed by atoms with Crippen LogP contribution in [0.3, 0.4) is 0 Å². The molecule has 0 amide bonds. The Kier molecular flexibility index (Phi) is 5.25. The van der Waals surface area contributed by atoms with E-state index in [-0.39, 0.29) is 24.2 Å². The Labute approximate surface area is 163 Å². The molecule has 3 aromatic rings. The number of fused-ring (bicyclic) bond motifs is 1. The Morgan fingerprint density at radius 1 is 1.14 bits per heavy atom. The second-order valence-electron chi connectivity index (χ2n) is 6.70. The van der Waals surface area contributed by atoms with Gasteiger partial charge in [-0.3, -0.25) is 0 Å². The molecule has 146 valence electrons. The zero-order valence-corrected chi connectivity index (χ0v) is 15.9. The Bertz CT molecular complexity index is 1050. The van der Waals surface area contributed by atoms with Crippen LogP contribution < -0.4 is 4.72 Å². The van der Waals surface area contributed by atoms with Crippen molar-refractivity contribution in [2.75, 3.05) is 6.54 Å². The molecule has 28 heavy (non-hydrogen) atoms. The highest BCUT2D eigenvalue weighted by atomic mass is 32.2. The zero-order valence-electron chi connectivity index (χ0n) is 15.1. The lowest BCUT2D eigenvalue weighted by molar-refractivity contribution is 0.00634. The fraction of sp³-hybridized carbons (Fsp3) is 0.250. The second-order valence-corrected chi connectivity index (χ2v) is 8.51. The summed E-state index contributed by atoms with van der Waals surface area (Å²) in [6.45, 7) is 0.942. The maximum Gasteiger partial charge on any atom is 0.215 e. The summed E-state index contributed by atoms with van der Waals surface area (Å²) in [6.07, 6.45) is 1.42. The van der Waals surface area contributed by atoms with Crippen LogP contribution >= 0.6 is 0 Å². The van der Waals surface area contributed by atoms with Gasteiger partial charge >= 0.3 is 0 Å². The number of sulfonamides is 1. The van der Waals surface area contributed by atoms with Gasteiger partial charge in [-0.25, -0.2) is 22.5 Å². The van der Waals surface area contributed by atoms with Gasteiger partial charge in [-0.05, 0) is 35.4 Å². The van der Waals surface area contributed by atoms with Crippen LogP contribution in [0.4, 0.5) is 4.39 Å². The van der Waals surface area contributed by atoms with Crippen molar-refractivity contribution in [2.24, 2.45) is 0 Å². The van der Waals surface area contributed by atoms with Crippen LogP contribution in [0.25, 0.3) is 11.3 Å². The molecular weight excluding hydrogens is 381 g/mol. The van der Waals surface area contributed by atoms with E-state index >= 15 is 0 Å². The van der Waals surface area contributed by atoms with Crippen molar-refractivity contribution in [3.63, 3.8) is 0 Å². The van der Waals surface area contributed by atoms with E-state index in [1.807, 2.05) is 22.8 Å². The number of nitrogens with zero attached hydrogens (tertiary/aromatic N) is 2. The number of hydrogen-bond acceptors (Lipinski definition) is 4. The molecule has 0 saturated heterocycles. The first-order chi connectivity index (χ1) is 13.5. The molecule has 0 aliphatic carbocycles. The van der Waals surface area contributed by atoms with Crippen LogP contribution in [-0.2, 0) is 33.7 Å². The quantitative estimate of drug-likeness (QED) is 0.689. The number of hydrogen-bond donors (Lipinski definition) is 1. The molecule has 4 rings (SSSR count). The van der Waals surface area contributed by atoms with Gasteiger partial charge in [-0.2, -0.15) is 0 Å². The predicted octanol–water partition coefficient (Wildman–Crippen LogP) is 2.71. The summed E-state index contributed by atoms with van der Waals surface area (Å²) < 4.78 is 48.2. The van der Waals surface area contributed by atoms with Gasteiger partial charge in [0.05, 0.1) is 30.3 Å². The van der Waals surface area contributed by atoms with Crippen LogP contribution in [0.5, 0.6) is 0 Å². The minimum atomic E-state index is -3.46. The first-order valence-corrected chi connectivity index (χ1v) is 10.6. The van der Waals surface area contributed by atoms with Gasteiger partial charge < -0.3 is 9.30 Å². The number of halogens is 1. The first kappa shape index (κ1) is 18.8. The molecule has 8 heteroatoms. The van der Waals surface area contributed by atoms with E-state index in [1.54, 1.807) is 30.5 Å². The molecular formula is C20H20FN3O3S. The first-order valence-electron chi connectivity index (χ1n) is 8.93. The molecule has 1 N–H and O–H groups in total. The largest absolute Gasteiger partial charge is 0.367 e. The standard InChI is InChI=1S/C20H20FN3O3S/c21-17-8-6-16(7-9-17)19-11-22-20-13-27-18(12-24(19)20)10-23-28(25,26)14-15-4-2-1-3-5-15/h1-9,11,18,23H,10,12-14H2. The van der Waals surface area contributed by atoms with Crippen molar-refractivity contribution in [3.05, 3.63) is 78.0 Å². The lowest BCUT2D eigenvalue weighted by Crippen LogP contribution is -2.39. The van der Waals surface area contributed by atoms with Crippen molar-refractivity contribution < 1.29 is 17.5 Å². The molecule has 1 unspecified atom stereocenters. The molecule has 2 heterocycles. The Balaban J connectivity index is 1.43. The summed E-state index contributed by atoms with van der Waals surface area (Å²) in [4.78, 5) is 4.36. The lowest BCUT2D eigenvalue weighted by Gasteiger charge is -2.26. The molecule has 6 nitrogen and oxygen atoms in total. The number of rotatable bonds is 6. The third kappa shape index (κ3) is 4.30. The fourth-order valence-corrected chi connectivity index (χ4v) is 4.39. The van der Waals surface area contributed by atoms with E-state index in [2.05, 4.69) is 9.71 Å². The molecule has 0 fully saturated rings. The van der Waals surface area contributed by atoms with Crippen LogP contribution in [0, 0.1) is 5.82 Å².